The van der Waals surface area contributed by atoms with E-state index in [4.69, 9.17) is 4.43 Å². The third-order valence-electron chi connectivity index (χ3n) is 6.79. The lowest BCUT2D eigenvalue weighted by atomic mass is 10.2. The summed E-state index contributed by atoms with van der Waals surface area (Å²) in [5, 5.41) is 5.22. The van der Waals surface area contributed by atoms with Gasteiger partial charge in [-0.15, -0.1) is 11.3 Å². The molecule has 0 bridgehead atoms. The Hall–Kier alpha value is -2.46. The van der Waals surface area contributed by atoms with Gasteiger partial charge >= 0.3 is 0 Å². The average Bonchev–Trinajstić information content (AvgIpc) is 3.33. The topological polar surface area (TPSA) is 62.7 Å². The van der Waals surface area contributed by atoms with Crippen LogP contribution in [-0.2, 0) is 9.22 Å². The summed E-state index contributed by atoms with van der Waals surface area (Å²) in [6, 6.07) is 20.9. The molecule has 1 unspecified atom stereocenters. The minimum Gasteiger partial charge on any atom is -0.388 e. The Bertz CT molecular complexity index is 1180. The maximum Gasteiger partial charge on any atom is 0.275 e. The number of hydrogen-bond donors (Lipinski definition) is 0. The van der Waals surface area contributed by atoms with Gasteiger partial charge in [0.25, 0.3) is 14.2 Å². The second kappa shape index (κ2) is 11.1. The molecule has 0 saturated carbocycles. The minimum atomic E-state index is -2.80. The molecule has 6 nitrogen and oxygen atoms in total. The molecule has 196 valence electrons. The van der Waals surface area contributed by atoms with E-state index < -0.39 is 14.5 Å². The van der Waals surface area contributed by atoms with Crippen LogP contribution in [0.15, 0.2) is 66.0 Å². The normalized spacial score (nSPS) is 15.2. The monoisotopic (exact) mass is 553 g/mol. The minimum absolute atomic E-state index is 0.135. The van der Waals surface area contributed by atoms with Crippen molar-refractivity contribution in [2.24, 2.45) is 0 Å². The number of thioether (sulfide) groups is 1. The Labute approximate surface area is 229 Å². The molecule has 2 aromatic carbocycles. The van der Waals surface area contributed by atoms with Gasteiger partial charge < -0.3 is 14.2 Å². The van der Waals surface area contributed by atoms with Gasteiger partial charge in [0.2, 0.25) is 0 Å². The van der Waals surface area contributed by atoms with Crippen molar-refractivity contribution in [2.75, 3.05) is 25.0 Å². The fraction of sp³-hybridized carbons (Fsp3) is 0.393. The first-order chi connectivity index (χ1) is 17.5. The lowest BCUT2D eigenvalue weighted by molar-refractivity contribution is -0.109. The van der Waals surface area contributed by atoms with Crippen LogP contribution >= 0.6 is 23.1 Å². The second-order valence-electron chi connectivity index (χ2n) is 10.4. The lowest BCUT2D eigenvalue weighted by Crippen LogP contribution is -2.68. The smallest absolute Gasteiger partial charge is 0.275 e. The summed E-state index contributed by atoms with van der Waals surface area (Å²) in [4.78, 5) is 33.2. The largest absolute Gasteiger partial charge is 0.388 e. The van der Waals surface area contributed by atoms with Crippen LogP contribution in [0.1, 0.15) is 45.1 Å². The summed E-state index contributed by atoms with van der Waals surface area (Å²) in [6.07, 6.45) is -0.468. The SMILES string of the molecule is CC(=O)SC1CN(c2nc(C(=O)N(C)C(C)O[Si](c3ccccc3)(c3ccccc3)C(C)(C)C)cs2)C1. The lowest BCUT2D eigenvalue weighted by Gasteiger charge is -2.45. The Morgan fingerprint density at radius 3 is 2.11 bits per heavy atom. The van der Waals surface area contributed by atoms with Gasteiger partial charge in [0, 0.05) is 37.7 Å². The highest BCUT2D eigenvalue weighted by Gasteiger charge is 2.51. The molecule has 9 heteroatoms. The van der Waals surface area contributed by atoms with Gasteiger partial charge in [0.05, 0.1) is 0 Å². The fourth-order valence-electron chi connectivity index (χ4n) is 4.78. The van der Waals surface area contributed by atoms with E-state index in [1.807, 2.05) is 24.4 Å². The molecule has 0 spiro atoms. The van der Waals surface area contributed by atoms with Gasteiger partial charge in [0.1, 0.15) is 11.9 Å². The summed E-state index contributed by atoms with van der Waals surface area (Å²) in [5.74, 6) is -0.164. The van der Waals surface area contributed by atoms with E-state index >= 15 is 0 Å². The quantitative estimate of drug-likeness (QED) is 0.300. The number of carbonyl (C=O) groups is 2. The predicted octanol–water partition coefficient (Wildman–Crippen LogP) is 4.61. The highest BCUT2D eigenvalue weighted by Crippen LogP contribution is 2.38. The molecule has 1 fully saturated rings. The van der Waals surface area contributed by atoms with Gasteiger partial charge in [-0.2, -0.15) is 0 Å². The first kappa shape index (κ1) is 27.6. The highest BCUT2D eigenvalue weighted by molar-refractivity contribution is 8.14. The van der Waals surface area contributed by atoms with E-state index in [0.29, 0.717) is 10.9 Å². The molecule has 1 amide bonds. The Balaban J connectivity index is 1.56. The molecular formula is C28H35N3O3S2Si. The van der Waals surface area contributed by atoms with Crippen molar-refractivity contribution >= 4 is 57.9 Å². The number of carbonyl (C=O) groups excluding carboxylic acids is 2. The van der Waals surface area contributed by atoms with Gasteiger partial charge in [-0.25, -0.2) is 4.98 Å². The van der Waals surface area contributed by atoms with Crippen LogP contribution in [0.3, 0.4) is 0 Å². The number of rotatable bonds is 8. The fourth-order valence-corrected chi connectivity index (χ4v) is 11.3. The zero-order valence-electron chi connectivity index (χ0n) is 22.3. The molecule has 0 N–H and O–H groups in total. The van der Waals surface area contributed by atoms with Gasteiger partial charge in [-0.1, -0.05) is 93.2 Å². The van der Waals surface area contributed by atoms with Crippen LogP contribution in [-0.4, -0.2) is 60.8 Å². The maximum atomic E-state index is 13.5. The molecule has 0 aliphatic carbocycles. The van der Waals surface area contributed by atoms with Crippen LogP contribution in [0.5, 0.6) is 0 Å². The molecule has 1 aliphatic heterocycles. The van der Waals surface area contributed by atoms with Crippen LogP contribution in [0.4, 0.5) is 5.13 Å². The van der Waals surface area contributed by atoms with Crippen molar-refractivity contribution in [3.8, 4) is 0 Å². The molecule has 37 heavy (non-hydrogen) atoms. The maximum absolute atomic E-state index is 13.5. The van der Waals surface area contributed by atoms with Crippen molar-refractivity contribution in [2.45, 2.75) is 51.1 Å². The zero-order valence-corrected chi connectivity index (χ0v) is 24.9. The molecule has 2 heterocycles. The number of thiazole rings is 1. The van der Waals surface area contributed by atoms with Gasteiger partial charge in [0.15, 0.2) is 10.2 Å². The summed E-state index contributed by atoms with van der Waals surface area (Å²) >= 11 is 2.84. The van der Waals surface area contributed by atoms with Crippen molar-refractivity contribution in [3.05, 3.63) is 71.7 Å². The summed E-state index contributed by atoms with van der Waals surface area (Å²) in [5.41, 5.74) is 0.420. The molecule has 1 atom stereocenters. The van der Waals surface area contributed by atoms with Crippen LogP contribution < -0.4 is 15.3 Å². The zero-order chi connectivity index (χ0) is 26.8. The number of amides is 1. The number of hydrogen-bond acceptors (Lipinski definition) is 7. The molecule has 0 radical (unpaired) electrons. The highest BCUT2D eigenvalue weighted by atomic mass is 32.2. The summed E-state index contributed by atoms with van der Waals surface area (Å²) in [7, 11) is -1.02. The Morgan fingerprint density at radius 2 is 1.62 bits per heavy atom. The van der Waals surface area contributed by atoms with E-state index in [-0.39, 0.29) is 16.1 Å². The van der Waals surface area contributed by atoms with E-state index in [1.54, 1.807) is 18.9 Å². The van der Waals surface area contributed by atoms with Gasteiger partial charge in [-0.3, -0.25) is 9.59 Å². The van der Waals surface area contributed by atoms with Crippen LogP contribution in [0.25, 0.3) is 0 Å². The number of aromatic nitrogens is 1. The predicted molar refractivity (Wildman–Crippen MR) is 157 cm³/mol. The Morgan fingerprint density at radius 1 is 1.08 bits per heavy atom. The summed E-state index contributed by atoms with van der Waals surface area (Å²) < 4.78 is 7.09. The van der Waals surface area contributed by atoms with E-state index in [0.717, 1.165) is 18.2 Å². The third-order valence-corrected chi connectivity index (χ3v) is 13.8. The average molecular weight is 554 g/mol. The molecule has 4 rings (SSSR count). The molecule has 1 saturated heterocycles. The first-order valence-corrected chi connectivity index (χ1v) is 16.1. The molecule has 1 aliphatic rings. The third kappa shape index (κ3) is 5.69. The number of benzene rings is 2. The van der Waals surface area contributed by atoms with Crippen molar-refractivity contribution in [1.29, 1.82) is 0 Å². The molecule has 3 aromatic rings. The van der Waals surface area contributed by atoms with Gasteiger partial charge in [-0.05, 0) is 22.3 Å². The number of anilines is 1. The van der Waals surface area contributed by atoms with Crippen molar-refractivity contribution < 1.29 is 14.0 Å². The van der Waals surface area contributed by atoms with Crippen molar-refractivity contribution in [3.63, 3.8) is 0 Å². The van der Waals surface area contributed by atoms with E-state index in [2.05, 4.69) is 79.2 Å². The second-order valence-corrected chi connectivity index (χ2v) is 17.0. The van der Waals surface area contributed by atoms with E-state index in [1.165, 1.54) is 33.5 Å². The number of nitrogens with zero attached hydrogens (tertiary/aromatic N) is 3. The molecule has 1 aromatic heterocycles. The molecular weight excluding hydrogens is 519 g/mol. The van der Waals surface area contributed by atoms with Crippen LogP contribution in [0.2, 0.25) is 5.04 Å². The Kier molecular flexibility index (Phi) is 8.28. The first-order valence-electron chi connectivity index (χ1n) is 12.5. The van der Waals surface area contributed by atoms with Crippen molar-refractivity contribution in [1.82, 2.24) is 9.88 Å². The summed E-state index contributed by atoms with van der Waals surface area (Å²) in [6.45, 7) is 11.8. The van der Waals surface area contributed by atoms with Crippen LogP contribution in [0, 0.1) is 0 Å². The standard InChI is InChI=1S/C28H35N3O3S2Si/c1-20(30(6)26(33)25-19-35-27(29-25)31-17-22(18-31)36-21(2)32)34-37(28(3,4)5,23-13-9-7-10-14-23)24-15-11-8-12-16-24/h7-16,19-20,22H,17-18H2,1-6H3. The van der Waals surface area contributed by atoms with E-state index in [9.17, 15) is 9.59 Å².